The summed E-state index contributed by atoms with van der Waals surface area (Å²) < 4.78 is 5.57. The average molecular weight is 439 g/mol. The number of hydrogen-bond acceptors (Lipinski definition) is 3. The molecule has 0 fully saturated rings. The first-order chi connectivity index (χ1) is 15.2. The zero-order chi connectivity index (χ0) is 23.6. The first-order valence-electron chi connectivity index (χ1n) is 11.8. The molecule has 4 nitrogen and oxygen atoms in total. The lowest BCUT2D eigenvalue weighted by atomic mass is 9.87. The topological polar surface area (TPSA) is 63.6 Å². The summed E-state index contributed by atoms with van der Waals surface area (Å²) >= 11 is 0. The van der Waals surface area contributed by atoms with E-state index in [1.54, 1.807) is 0 Å². The highest BCUT2D eigenvalue weighted by Gasteiger charge is 2.30. The quantitative estimate of drug-likeness (QED) is 0.387. The second kappa shape index (κ2) is 12.4. The van der Waals surface area contributed by atoms with Crippen molar-refractivity contribution in [1.82, 2.24) is 0 Å². The first kappa shape index (κ1) is 25.6. The Morgan fingerprint density at radius 3 is 2.03 bits per heavy atom. The number of benzene rings is 2. The number of ether oxygens (including phenoxy) is 1. The predicted octanol–water partition coefficient (Wildman–Crippen LogP) is 6.45. The maximum Gasteiger partial charge on any atom is 0.309 e. The smallest absolute Gasteiger partial charge is 0.309 e. The molecule has 0 amide bonds. The number of aliphatic carboxylic acids is 1. The van der Waals surface area contributed by atoms with Crippen molar-refractivity contribution in [2.45, 2.75) is 78.2 Å². The van der Waals surface area contributed by atoms with E-state index in [2.05, 4.69) is 43.3 Å². The van der Waals surface area contributed by atoms with Gasteiger partial charge in [0.2, 0.25) is 0 Å². The lowest BCUT2D eigenvalue weighted by Crippen LogP contribution is -2.31. The van der Waals surface area contributed by atoms with Gasteiger partial charge in [-0.05, 0) is 69.6 Å². The van der Waals surface area contributed by atoms with Crippen LogP contribution in [0.5, 0.6) is 0 Å². The van der Waals surface area contributed by atoms with E-state index in [1.165, 1.54) is 11.1 Å². The van der Waals surface area contributed by atoms with Crippen LogP contribution in [0.2, 0.25) is 0 Å². The molecule has 1 N–H and O–H groups in total. The lowest BCUT2D eigenvalue weighted by Gasteiger charge is -2.25. The Kier molecular flexibility index (Phi) is 9.96. The summed E-state index contributed by atoms with van der Waals surface area (Å²) in [6.07, 6.45) is 4.93. The highest BCUT2D eigenvalue weighted by molar-refractivity contribution is 5.75. The normalized spacial score (nSPS) is 13.4. The van der Waals surface area contributed by atoms with Crippen LogP contribution in [0.25, 0.3) is 0 Å². The fraction of sp³-hybridized carbons (Fsp3) is 0.500. The molecule has 2 aromatic rings. The second-order valence-electron chi connectivity index (χ2n) is 9.66. The van der Waals surface area contributed by atoms with Gasteiger partial charge in [-0.15, -0.1) is 0 Å². The molecule has 0 aliphatic carbocycles. The molecule has 0 aliphatic heterocycles. The molecule has 0 saturated heterocycles. The van der Waals surface area contributed by atoms with Gasteiger partial charge in [-0.1, -0.05) is 74.4 Å². The molecule has 0 bridgehead atoms. The van der Waals surface area contributed by atoms with Gasteiger partial charge in [-0.3, -0.25) is 9.59 Å². The first-order valence-corrected chi connectivity index (χ1v) is 11.8. The molecule has 4 heteroatoms. The van der Waals surface area contributed by atoms with E-state index < -0.39 is 17.5 Å². The van der Waals surface area contributed by atoms with Crippen molar-refractivity contribution >= 4 is 11.9 Å². The fourth-order valence-electron chi connectivity index (χ4n) is 3.85. The number of hydrogen-bond donors (Lipinski definition) is 1. The molecule has 0 unspecified atom stereocenters. The van der Waals surface area contributed by atoms with Crippen LogP contribution < -0.4 is 0 Å². The molecule has 0 heterocycles. The van der Waals surface area contributed by atoms with Gasteiger partial charge in [0.1, 0.15) is 5.60 Å². The van der Waals surface area contributed by atoms with Crippen LogP contribution in [0.3, 0.4) is 0 Å². The molecule has 0 radical (unpaired) electrons. The van der Waals surface area contributed by atoms with Crippen molar-refractivity contribution in [3.63, 3.8) is 0 Å². The largest absolute Gasteiger partial charge is 0.481 e. The van der Waals surface area contributed by atoms with Crippen molar-refractivity contribution in [1.29, 1.82) is 0 Å². The maximum atomic E-state index is 12.7. The molecule has 0 spiro atoms. The highest BCUT2D eigenvalue weighted by Crippen LogP contribution is 2.26. The molecular weight excluding hydrogens is 400 g/mol. The van der Waals surface area contributed by atoms with Gasteiger partial charge in [0.25, 0.3) is 0 Å². The zero-order valence-electron chi connectivity index (χ0n) is 20.0. The van der Waals surface area contributed by atoms with E-state index in [0.29, 0.717) is 25.7 Å². The molecule has 174 valence electrons. The Balaban J connectivity index is 1.97. The van der Waals surface area contributed by atoms with Gasteiger partial charge in [-0.25, -0.2) is 0 Å². The number of carbonyl (C=O) groups is 2. The van der Waals surface area contributed by atoms with Gasteiger partial charge in [0.15, 0.2) is 0 Å². The van der Waals surface area contributed by atoms with Crippen LogP contribution in [0.15, 0.2) is 54.6 Å². The Morgan fingerprint density at radius 2 is 1.47 bits per heavy atom. The standard InChI is InChI=1S/C28H38O4/c1-5-6-12-25(27(31)32-28(2,3)4)20-24(26(29)30)18-17-21-13-15-23(16-14-21)19-22-10-8-7-9-11-22/h7-11,13-16,24-25H,5-6,12,17-20H2,1-4H3,(H,29,30)/t24-,25-/m0/s1. The summed E-state index contributed by atoms with van der Waals surface area (Å²) in [5, 5.41) is 9.80. The Morgan fingerprint density at radius 1 is 0.875 bits per heavy atom. The van der Waals surface area contributed by atoms with Gasteiger partial charge in [-0.2, -0.15) is 0 Å². The van der Waals surface area contributed by atoms with Crippen LogP contribution >= 0.6 is 0 Å². The molecule has 2 rings (SSSR count). The number of carbonyl (C=O) groups excluding carboxylic acids is 1. The number of esters is 1. The average Bonchev–Trinajstić information content (AvgIpc) is 2.73. The summed E-state index contributed by atoms with van der Waals surface area (Å²) in [7, 11) is 0. The third-order valence-electron chi connectivity index (χ3n) is 5.62. The third kappa shape index (κ3) is 9.25. The van der Waals surface area contributed by atoms with Gasteiger partial charge in [0.05, 0.1) is 11.8 Å². The number of carboxylic acids is 1. The minimum absolute atomic E-state index is 0.275. The molecular formula is C28H38O4. The van der Waals surface area contributed by atoms with Crippen LogP contribution in [0.4, 0.5) is 0 Å². The molecule has 32 heavy (non-hydrogen) atoms. The second-order valence-corrected chi connectivity index (χ2v) is 9.66. The monoisotopic (exact) mass is 438 g/mol. The van der Waals surface area contributed by atoms with Crippen LogP contribution in [0, 0.1) is 11.8 Å². The summed E-state index contributed by atoms with van der Waals surface area (Å²) in [6.45, 7) is 7.61. The summed E-state index contributed by atoms with van der Waals surface area (Å²) in [5.41, 5.74) is 3.06. The van der Waals surface area contributed by atoms with Gasteiger partial charge < -0.3 is 9.84 Å². The molecule has 0 aromatic heterocycles. The van der Waals surface area contributed by atoms with Crippen molar-refractivity contribution in [3.05, 3.63) is 71.3 Å². The molecule has 0 aliphatic rings. The Labute approximate surface area is 193 Å². The number of unbranched alkanes of at least 4 members (excludes halogenated alkanes) is 1. The minimum atomic E-state index is -0.837. The highest BCUT2D eigenvalue weighted by atomic mass is 16.6. The van der Waals surface area contributed by atoms with Crippen molar-refractivity contribution in [3.8, 4) is 0 Å². The van der Waals surface area contributed by atoms with Crippen molar-refractivity contribution in [2.24, 2.45) is 11.8 Å². The van der Waals surface area contributed by atoms with E-state index in [0.717, 1.165) is 24.8 Å². The SMILES string of the molecule is CCCC[C@@H](C[C@H](CCc1ccc(Cc2ccccc2)cc1)C(=O)O)C(=O)OC(C)(C)C. The van der Waals surface area contributed by atoms with Crippen LogP contribution in [-0.4, -0.2) is 22.6 Å². The lowest BCUT2D eigenvalue weighted by molar-refractivity contribution is -0.161. The molecule has 0 saturated carbocycles. The van der Waals surface area contributed by atoms with Crippen LogP contribution in [-0.2, 0) is 27.2 Å². The summed E-state index contributed by atoms with van der Waals surface area (Å²) in [4.78, 5) is 24.6. The van der Waals surface area contributed by atoms with E-state index in [-0.39, 0.29) is 11.9 Å². The van der Waals surface area contributed by atoms with E-state index >= 15 is 0 Å². The Hall–Kier alpha value is -2.62. The number of rotatable bonds is 12. The van der Waals surface area contributed by atoms with E-state index in [9.17, 15) is 14.7 Å². The van der Waals surface area contributed by atoms with Crippen molar-refractivity contribution < 1.29 is 19.4 Å². The predicted molar refractivity (Wildman–Crippen MR) is 129 cm³/mol. The van der Waals surface area contributed by atoms with Crippen molar-refractivity contribution in [2.75, 3.05) is 0 Å². The van der Waals surface area contributed by atoms with Gasteiger partial charge >= 0.3 is 11.9 Å². The van der Waals surface area contributed by atoms with E-state index in [1.807, 2.05) is 39.0 Å². The number of aryl methyl sites for hydroxylation is 1. The van der Waals surface area contributed by atoms with Gasteiger partial charge in [0, 0.05) is 0 Å². The van der Waals surface area contributed by atoms with Crippen LogP contribution in [0.1, 0.15) is 76.5 Å². The summed E-state index contributed by atoms with van der Waals surface area (Å²) in [6, 6.07) is 18.7. The maximum absolute atomic E-state index is 12.7. The fourth-order valence-corrected chi connectivity index (χ4v) is 3.85. The molecule has 2 atom stereocenters. The third-order valence-corrected chi connectivity index (χ3v) is 5.62. The molecule has 2 aromatic carbocycles. The Bertz CT molecular complexity index is 834. The summed E-state index contributed by atoms with van der Waals surface area (Å²) in [5.74, 6) is -2.05. The zero-order valence-corrected chi connectivity index (χ0v) is 20.0. The minimum Gasteiger partial charge on any atom is -0.481 e. The van der Waals surface area contributed by atoms with E-state index in [4.69, 9.17) is 4.74 Å². The number of carboxylic acid groups (broad SMARTS) is 1.